The molecule has 0 unspecified atom stereocenters. The molecule has 7 nitrogen and oxygen atoms in total. The molecule has 9 heteroatoms. The van der Waals surface area contributed by atoms with Crippen LogP contribution in [0.5, 0.6) is 0 Å². The zero-order valence-corrected chi connectivity index (χ0v) is 12.8. The molecule has 0 aromatic carbocycles. The summed E-state index contributed by atoms with van der Waals surface area (Å²) in [4.78, 5) is 7.68. The van der Waals surface area contributed by atoms with Gasteiger partial charge in [0.25, 0.3) is 10.0 Å². The third-order valence-electron chi connectivity index (χ3n) is 3.10. The molecule has 3 aromatic rings. The second kappa shape index (κ2) is 6.31. The van der Waals surface area contributed by atoms with E-state index in [-0.39, 0.29) is 18.1 Å². The van der Waals surface area contributed by atoms with Crippen LogP contribution >= 0.6 is 0 Å². The Hall–Kier alpha value is -2.52. The van der Waals surface area contributed by atoms with Gasteiger partial charge in [0.05, 0.1) is 6.20 Å². The first kappa shape index (κ1) is 15.4. The summed E-state index contributed by atoms with van der Waals surface area (Å²) >= 11 is 0. The van der Waals surface area contributed by atoms with Crippen LogP contribution in [0.2, 0.25) is 0 Å². The van der Waals surface area contributed by atoms with Crippen LogP contribution in [0.15, 0.2) is 53.8 Å². The summed E-state index contributed by atoms with van der Waals surface area (Å²) in [6.07, 6.45) is 2.94. The fourth-order valence-electron chi connectivity index (χ4n) is 2.06. The number of hydrogen-bond acceptors (Lipinski definition) is 5. The van der Waals surface area contributed by atoms with E-state index < -0.39 is 16.0 Å². The maximum Gasteiger partial charge on any atom is 0.258 e. The summed E-state index contributed by atoms with van der Waals surface area (Å²) in [5.74, 6) is -0.250. The quantitative estimate of drug-likeness (QED) is 0.523. The lowest BCUT2D eigenvalue weighted by Gasteiger charge is -2.08. The third-order valence-corrected chi connectivity index (χ3v) is 4.53. The highest BCUT2D eigenvalue weighted by Crippen LogP contribution is 2.11. The van der Waals surface area contributed by atoms with Crippen molar-refractivity contribution >= 4 is 21.5 Å². The average molecular weight is 335 g/mol. The van der Waals surface area contributed by atoms with Gasteiger partial charge in [-0.2, -0.15) is 4.39 Å². The van der Waals surface area contributed by atoms with Crippen molar-refractivity contribution in [2.75, 3.05) is 18.4 Å². The predicted molar refractivity (Wildman–Crippen MR) is 83.1 cm³/mol. The largest absolute Gasteiger partial charge is 0.369 e. The Bertz CT molecular complexity index is 926. The van der Waals surface area contributed by atoms with Crippen LogP contribution in [0.1, 0.15) is 0 Å². The number of nitrogens with one attached hydrogen (secondary N) is 2. The van der Waals surface area contributed by atoms with Crippen LogP contribution in [0.4, 0.5) is 10.2 Å². The van der Waals surface area contributed by atoms with Crippen LogP contribution in [0.3, 0.4) is 0 Å². The fraction of sp³-hybridized carbons (Fsp3) is 0.143. The molecule has 0 saturated heterocycles. The zero-order valence-electron chi connectivity index (χ0n) is 12.0. The SMILES string of the molecule is O=S(=O)(NCCNc1cccc(F)n1)c1cnc2ccccn12. The van der Waals surface area contributed by atoms with Crippen molar-refractivity contribution in [3.8, 4) is 0 Å². The van der Waals surface area contributed by atoms with Gasteiger partial charge in [-0.15, -0.1) is 0 Å². The van der Waals surface area contributed by atoms with E-state index in [4.69, 9.17) is 0 Å². The number of fused-ring (bicyclic) bond motifs is 1. The van der Waals surface area contributed by atoms with Crippen LogP contribution in [-0.2, 0) is 10.0 Å². The van der Waals surface area contributed by atoms with Crippen molar-refractivity contribution in [2.24, 2.45) is 0 Å². The number of nitrogens with zero attached hydrogens (tertiary/aromatic N) is 3. The van der Waals surface area contributed by atoms with Crippen LogP contribution in [-0.4, -0.2) is 35.9 Å². The molecule has 0 atom stereocenters. The van der Waals surface area contributed by atoms with Gasteiger partial charge in [-0.05, 0) is 24.3 Å². The first-order valence-corrected chi connectivity index (χ1v) is 8.33. The number of anilines is 1. The van der Waals surface area contributed by atoms with Crippen molar-refractivity contribution in [3.63, 3.8) is 0 Å². The average Bonchev–Trinajstić information content (AvgIpc) is 2.97. The number of sulfonamides is 1. The Morgan fingerprint density at radius 1 is 1.13 bits per heavy atom. The summed E-state index contributed by atoms with van der Waals surface area (Å²) in [5.41, 5.74) is 0.551. The topological polar surface area (TPSA) is 88.4 Å². The predicted octanol–water partition coefficient (Wildman–Crippen LogP) is 1.26. The number of aromatic nitrogens is 3. The zero-order chi connectivity index (χ0) is 16.3. The lowest BCUT2D eigenvalue weighted by molar-refractivity contribution is 0.576. The van der Waals surface area contributed by atoms with E-state index in [2.05, 4.69) is 20.0 Å². The van der Waals surface area contributed by atoms with E-state index in [0.717, 1.165) is 0 Å². The standard InChI is InChI=1S/C14H14FN5O2S/c15-11-4-3-5-12(19-11)16-7-8-18-23(21,22)14-10-17-13-6-1-2-9-20(13)14/h1-6,9-10,18H,7-8H2,(H,16,19). The van der Waals surface area contributed by atoms with Gasteiger partial charge >= 0.3 is 0 Å². The molecule has 3 rings (SSSR count). The maximum absolute atomic E-state index is 12.9. The van der Waals surface area contributed by atoms with Crippen LogP contribution < -0.4 is 10.0 Å². The summed E-state index contributed by atoms with van der Waals surface area (Å²) in [5, 5.41) is 2.91. The summed E-state index contributed by atoms with van der Waals surface area (Å²) in [6, 6.07) is 9.58. The highest BCUT2D eigenvalue weighted by Gasteiger charge is 2.18. The lowest BCUT2D eigenvalue weighted by atomic mass is 10.4. The highest BCUT2D eigenvalue weighted by atomic mass is 32.2. The molecule has 0 spiro atoms. The van der Waals surface area contributed by atoms with E-state index in [1.807, 2.05) is 0 Å². The molecule has 0 saturated carbocycles. The minimum Gasteiger partial charge on any atom is -0.369 e. The van der Waals surface area contributed by atoms with E-state index in [1.54, 1.807) is 30.5 Å². The Morgan fingerprint density at radius 2 is 2.00 bits per heavy atom. The lowest BCUT2D eigenvalue weighted by Crippen LogP contribution is -2.29. The normalized spacial score (nSPS) is 11.7. The van der Waals surface area contributed by atoms with E-state index in [9.17, 15) is 12.8 Å². The minimum atomic E-state index is -3.69. The fourth-order valence-corrected chi connectivity index (χ4v) is 3.19. The van der Waals surface area contributed by atoms with E-state index in [0.29, 0.717) is 11.5 Å². The number of halogens is 1. The van der Waals surface area contributed by atoms with Gasteiger partial charge in [-0.25, -0.2) is 23.1 Å². The second-order valence-corrected chi connectivity index (χ2v) is 6.41. The van der Waals surface area contributed by atoms with Gasteiger partial charge in [0.2, 0.25) is 5.95 Å². The Labute approximate surface area is 132 Å². The molecular weight excluding hydrogens is 321 g/mol. The second-order valence-electron chi connectivity index (χ2n) is 4.70. The Balaban J connectivity index is 1.63. The van der Waals surface area contributed by atoms with Gasteiger partial charge in [-0.3, -0.25) is 4.40 Å². The van der Waals surface area contributed by atoms with Gasteiger partial charge in [0, 0.05) is 19.3 Å². The molecule has 0 aliphatic carbocycles. The van der Waals surface area contributed by atoms with E-state index >= 15 is 0 Å². The molecule has 3 aromatic heterocycles. The monoisotopic (exact) mass is 335 g/mol. The summed E-state index contributed by atoms with van der Waals surface area (Å²) in [6.45, 7) is 0.396. The van der Waals surface area contributed by atoms with Crippen molar-refractivity contribution in [1.29, 1.82) is 0 Å². The molecule has 0 radical (unpaired) electrons. The first-order valence-electron chi connectivity index (χ1n) is 6.84. The molecule has 23 heavy (non-hydrogen) atoms. The summed E-state index contributed by atoms with van der Waals surface area (Å²) in [7, 11) is -3.69. The highest BCUT2D eigenvalue weighted by molar-refractivity contribution is 7.89. The molecule has 120 valence electrons. The smallest absolute Gasteiger partial charge is 0.258 e. The number of imidazole rings is 1. The molecule has 3 heterocycles. The van der Waals surface area contributed by atoms with Gasteiger partial charge in [0.1, 0.15) is 11.5 Å². The minimum absolute atomic E-state index is 0.0666. The van der Waals surface area contributed by atoms with Crippen LogP contribution in [0.25, 0.3) is 5.65 Å². The first-order chi connectivity index (χ1) is 11.1. The summed E-state index contributed by atoms with van der Waals surface area (Å²) < 4.78 is 41.5. The Morgan fingerprint density at radius 3 is 2.83 bits per heavy atom. The molecule has 0 bridgehead atoms. The number of pyridine rings is 2. The molecular formula is C14H14FN5O2S. The van der Waals surface area contributed by atoms with Crippen molar-refractivity contribution < 1.29 is 12.8 Å². The van der Waals surface area contributed by atoms with Gasteiger partial charge < -0.3 is 5.32 Å². The molecule has 0 amide bonds. The van der Waals surface area contributed by atoms with Gasteiger partial charge in [-0.1, -0.05) is 12.1 Å². The van der Waals surface area contributed by atoms with E-state index in [1.165, 1.54) is 22.7 Å². The molecule has 2 N–H and O–H groups in total. The van der Waals surface area contributed by atoms with Gasteiger partial charge in [0.15, 0.2) is 5.03 Å². The maximum atomic E-state index is 12.9. The van der Waals surface area contributed by atoms with Crippen molar-refractivity contribution in [1.82, 2.24) is 19.1 Å². The van der Waals surface area contributed by atoms with Crippen molar-refractivity contribution in [3.05, 3.63) is 54.7 Å². The Kier molecular flexibility index (Phi) is 4.22. The number of rotatable bonds is 6. The molecule has 0 aliphatic rings. The molecule has 0 fully saturated rings. The third kappa shape index (κ3) is 3.46. The molecule has 0 aliphatic heterocycles. The van der Waals surface area contributed by atoms with Crippen molar-refractivity contribution in [2.45, 2.75) is 5.03 Å². The number of hydrogen-bond donors (Lipinski definition) is 2. The van der Waals surface area contributed by atoms with Crippen LogP contribution in [0, 0.1) is 5.95 Å².